The fraction of sp³-hybridized carbons (Fsp3) is 1.00. The molecule has 94 valence electrons. The van der Waals surface area contributed by atoms with Gasteiger partial charge in [-0.05, 0) is 19.8 Å². The van der Waals surface area contributed by atoms with Crippen molar-refractivity contribution in [3.8, 4) is 0 Å². The Morgan fingerprint density at radius 2 is 2.06 bits per heavy atom. The third-order valence-corrected chi connectivity index (χ3v) is 3.44. The third kappa shape index (κ3) is 2.10. The maximum absolute atomic E-state index is 9.97. The average molecular weight is 232 g/mol. The lowest BCUT2D eigenvalue weighted by Crippen LogP contribution is -2.58. The van der Waals surface area contributed by atoms with Crippen LogP contribution >= 0.6 is 0 Å². The Labute approximate surface area is 95.0 Å². The maximum atomic E-state index is 9.97. The molecule has 0 aromatic rings. The average Bonchev–Trinajstić information content (AvgIpc) is 2.58. The summed E-state index contributed by atoms with van der Waals surface area (Å²) in [5.41, 5.74) is 0. The molecule has 0 saturated carbocycles. The van der Waals surface area contributed by atoms with E-state index in [9.17, 15) is 10.2 Å². The van der Waals surface area contributed by atoms with Crippen molar-refractivity contribution in [2.45, 2.75) is 62.8 Å². The summed E-state index contributed by atoms with van der Waals surface area (Å²) in [6.07, 6.45) is 0.181. The van der Waals surface area contributed by atoms with Gasteiger partial charge in [-0.2, -0.15) is 0 Å². The summed E-state index contributed by atoms with van der Waals surface area (Å²) >= 11 is 0. The third-order valence-electron chi connectivity index (χ3n) is 3.44. The molecule has 0 radical (unpaired) electrons. The number of ether oxygens (including phenoxy) is 2. The molecule has 2 aliphatic rings. The highest BCUT2D eigenvalue weighted by Gasteiger charge is 2.53. The van der Waals surface area contributed by atoms with E-state index in [0.29, 0.717) is 19.3 Å². The van der Waals surface area contributed by atoms with Gasteiger partial charge in [-0.1, -0.05) is 0 Å². The van der Waals surface area contributed by atoms with Gasteiger partial charge in [0.2, 0.25) is 0 Å². The van der Waals surface area contributed by atoms with Crippen LogP contribution in [0.5, 0.6) is 0 Å². The van der Waals surface area contributed by atoms with Crippen molar-refractivity contribution in [1.82, 2.24) is 0 Å². The summed E-state index contributed by atoms with van der Waals surface area (Å²) in [5.74, 6) is -1.06. The molecule has 2 heterocycles. The van der Waals surface area contributed by atoms with Gasteiger partial charge in [0.1, 0.15) is 6.10 Å². The first-order valence-corrected chi connectivity index (χ1v) is 5.90. The van der Waals surface area contributed by atoms with Crippen molar-refractivity contribution in [1.29, 1.82) is 0 Å². The maximum Gasteiger partial charge on any atom is 0.197 e. The molecule has 0 aliphatic carbocycles. The minimum Gasteiger partial charge on any atom is -0.396 e. The van der Waals surface area contributed by atoms with E-state index in [4.69, 9.17) is 14.6 Å². The van der Waals surface area contributed by atoms with Gasteiger partial charge in [0.15, 0.2) is 5.79 Å². The molecule has 0 bridgehead atoms. The Kier molecular flexibility index (Phi) is 3.51. The summed E-state index contributed by atoms with van der Waals surface area (Å²) in [6, 6.07) is 0. The van der Waals surface area contributed by atoms with Gasteiger partial charge in [0.05, 0.1) is 18.3 Å². The molecule has 2 rings (SSSR count). The van der Waals surface area contributed by atoms with Gasteiger partial charge in [0, 0.05) is 19.4 Å². The largest absolute Gasteiger partial charge is 0.396 e. The Hall–Kier alpha value is -0.200. The zero-order valence-corrected chi connectivity index (χ0v) is 9.50. The molecule has 0 aromatic heterocycles. The first-order valence-electron chi connectivity index (χ1n) is 5.90. The van der Waals surface area contributed by atoms with E-state index >= 15 is 0 Å². The van der Waals surface area contributed by atoms with E-state index in [2.05, 4.69) is 0 Å². The summed E-state index contributed by atoms with van der Waals surface area (Å²) in [7, 11) is 0. The van der Waals surface area contributed by atoms with Crippen LogP contribution in [0.25, 0.3) is 0 Å². The molecular weight excluding hydrogens is 212 g/mol. The van der Waals surface area contributed by atoms with Gasteiger partial charge in [-0.25, -0.2) is 0 Å². The van der Waals surface area contributed by atoms with E-state index < -0.39 is 18.0 Å². The van der Waals surface area contributed by atoms with Crippen LogP contribution in [0.4, 0.5) is 0 Å². The fourth-order valence-electron chi connectivity index (χ4n) is 2.58. The fourth-order valence-corrected chi connectivity index (χ4v) is 2.58. The molecule has 2 fully saturated rings. The van der Waals surface area contributed by atoms with E-state index in [1.54, 1.807) is 0 Å². The smallest absolute Gasteiger partial charge is 0.197 e. The van der Waals surface area contributed by atoms with Crippen LogP contribution in [-0.2, 0) is 9.47 Å². The molecule has 5 heteroatoms. The molecule has 16 heavy (non-hydrogen) atoms. The monoisotopic (exact) mass is 232 g/mol. The Balaban J connectivity index is 2.09. The summed E-state index contributed by atoms with van der Waals surface area (Å²) < 4.78 is 11.4. The van der Waals surface area contributed by atoms with Gasteiger partial charge >= 0.3 is 0 Å². The lowest BCUT2D eigenvalue weighted by molar-refractivity contribution is -0.331. The zero-order valence-electron chi connectivity index (χ0n) is 9.50. The number of hydrogen-bond acceptors (Lipinski definition) is 5. The highest BCUT2D eigenvalue weighted by Crippen LogP contribution is 2.41. The van der Waals surface area contributed by atoms with Crippen molar-refractivity contribution in [2.75, 3.05) is 6.61 Å². The second-order valence-corrected chi connectivity index (χ2v) is 4.78. The lowest BCUT2D eigenvalue weighted by Gasteiger charge is -2.44. The molecule has 5 atom stereocenters. The second kappa shape index (κ2) is 4.58. The van der Waals surface area contributed by atoms with Gasteiger partial charge < -0.3 is 24.8 Å². The standard InChI is InChI=1S/C11H20O5/c1-7-2-4-11(15-7)10(14)9(13)6-8(16-11)3-5-12/h7-10,12-14H,2-6H2,1H3/t7?,8?,9?,10?,11-/m0/s1. The minimum atomic E-state index is -1.06. The van der Waals surface area contributed by atoms with Crippen LogP contribution in [-0.4, -0.2) is 52.1 Å². The van der Waals surface area contributed by atoms with Crippen molar-refractivity contribution in [2.24, 2.45) is 0 Å². The Morgan fingerprint density at radius 3 is 2.62 bits per heavy atom. The van der Waals surface area contributed by atoms with Crippen LogP contribution < -0.4 is 0 Å². The van der Waals surface area contributed by atoms with Crippen molar-refractivity contribution in [3.63, 3.8) is 0 Å². The molecule has 2 saturated heterocycles. The topological polar surface area (TPSA) is 79.2 Å². The molecule has 0 aromatic carbocycles. The zero-order chi connectivity index (χ0) is 11.8. The van der Waals surface area contributed by atoms with Gasteiger partial charge in [-0.15, -0.1) is 0 Å². The summed E-state index contributed by atoms with van der Waals surface area (Å²) in [5, 5.41) is 28.7. The molecular formula is C11H20O5. The van der Waals surface area contributed by atoms with Gasteiger partial charge in [-0.3, -0.25) is 0 Å². The van der Waals surface area contributed by atoms with Crippen LogP contribution in [0, 0.1) is 0 Å². The molecule has 5 nitrogen and oxygen atoms in total. The number of aliphatic hydroxyl groups excluding tert-OH is 3. The van der Waals surface area contributed by atoms with E-state index in [1.165, 1.54) is 0 Å². The van der Waals surface area contributed by atoms with Crippen molar-refractivity contribution in [3.05, 3.63) is 0 Å². The van der Waals surface area contributed by atoms with Crippen LogP contribution in [0.3, 0.4) is 0 Å². The number of hydrogen-bond donors (Lipinski definition) is 3. The van der Waals surface area contributed by atoms with E-state index in [-0.39, 0.29) is 18.8 Å². The number of aliphatic hydroxyl groups is 3. The predicted octanol–water partition coefficient (Wildman–Crippen LogP) is -0.225. The van der Waals surface area contributed by atoms with Crippen LogP contribution in [0.2, 0.25) is 0 Å². The molecule has 3 N–H and O–H groups in total. The van der Waals surface area contributed by atoms with E-state index in [1.807, 2.05) is 6.92 Å². The van der Waals surface area contributed by atoms with Crippen LogP contribution in [0.15, 0.2) is 0 Å². The minimum absolute atomic E-state index is 0.0130. The Bertz CT molecular complexity index is 247. The highest BCUT2D eigenvalue weighted by molar-refractivity contribution is 4.95. The quantitative estimate of drug-likeness (QED) is 0.613. The SMILES string of the molecule is CC1CC[C@]2(O1)OC(CCO)CC(O)C2O. The van der Waals surface area contributed by atoms with Gasteiger partial charge in [0.25, 0.3) is 0 Å². The van der Waals surface area contributed by atoms with Crippen molar-refractivity contribution < 1.29 is 24.8 Å². The highest BCUT2D eigenvalue weighted by atomic mass is 16.7. The van der Waals surface area contributed by atoms with E-state index in [0.717, 1.165) is 6.42 Å². The molecule has 0 amide bonds. The number of rotatable bonds is 2. The first-order chi connectivity index (χ1) is 7.57. The lowest BCUT2D eigenvalue weighted by atomic mass is 9.92. The molecule has 4 unspecified atom stereocenters. The summed E-state index contributed by atoms with van der Waals surface area (Å²) in [4.78, 5) is 0. The predicted molar refractivity (Wildman–Crippen MR) is 55.7 cm³/mol. The second-order valence-electron chi connectivity index (χ2n) is 4.78. The Morgan fingerprint density at radius 1 is 1.31 bits per heavy atom. The summed E-state index contributed by atoms with van der Waals surface area (Å²) in [6.45, 7) is 1.94. The molecule has 1 spiro atoms. The van der Waals surface area contributed by atoms with Crippen molar-refractivity contribution >= 4 is 0 Å². The first kappa shape index (κ1) is 12.3. The van der Waals surface area contributed by atoms with Crippen LogP contribution in [0.1, 0.15) is 32.6 Å². The normalized spacial score (nSPS) is 48.8. The molecule has 2 aliphatic heterocycles.